The van der Waals surface area contributed by atoms with Crippen LogP contribution >= 0.6 is 0 Å². The summed E-state index contributed by atoms with van der Waals surface area (Å²) in [7, 11) is 0. The minimum Gasteiger partial charge on any atom is -0.512 e. The van der Waals surface area contributed by atoms with Crippen LogP contribution in [0.3, 0.4) is 0 Å². The number of hydrogen-bond acceptors (Lipinski definition) is 7. The van der Waals surface area contributed by atoms with Gasteiger partial charge in [0.1, 0.15) is 6.61 Å². The Morgan fingerprint density at radius 2 is 1.07 bits per heavy atom. The van der Waals surface area contributed by atoms with Crippen molar-refractivity contribution in [3.63, 3.8) is 0 Å². The van der Waals surface area contributed by atoms with Crippen LogP contribution in [0.15, 0.2) is 24.5 Å². The molecule has 0 fully saturated rings. The molecule has 0 saturated carbocycles. The number of allylic oxidation sites excluding steroid dienone is 1. The molecule has 0 unspecified atom stereocenters. The van der Waals surface area contributed by atoms with Gasteiger partial charge in [0.15, 0.2) is 0 Å². The van der Waals surface area contributed by atoms with Gasteiger partial charge < -0.3 is 30.3 Å². The van der Waals surface area contributed by atoms with Crippen LogP contribution in [0.5, 0.6) is 0 Å². The second kappa shape index (κ2) is 32.9. The van der Waals surface area contributed by atoms with Gasteiger partial charge in [-0.3, -0.25) is 0 Å². The fraction of sp³-hybridized carbons (Fsp3) is 0.737. The number of rotatable bonds is 3. The Bertz CT molecular complexity index is 276. The summed E-state index contributed by atoms with van der Waals surface area (Å²) in [6.45, 7) is 18.7. The van der Waals surface area contributed by atoms with Gasteiger partial charge in [-0.1, -0.05) is 12.7 Å². The molecule has 0 rings (SSSR count). The molecule has 0 radical (unpaired) electrons. The molecule has 0 aliphatic heterocycles. The van der Waals surface area contributed by atoms with Crippen LogP contribution < -0.4 is 0 Å². The third-order valence-corrected chi connectivity index (χ3v) is 0.670. The number of hydrogen-bond donors (Lipinski definition) is 5. The van der Waals surface area contributed by atoms with Crippen molar-refractivity contribution in [2.45, 2.75) is 86.7 Å². The van der Waals surface area contributed by atoms with Gasteiger partial charge in [0, 0.05) is 46.1 Å². The minimum absolute atomic E-state index is 0. The van der Waals surface area contributed by atoms with Crippen molar-refractivity contribution >= 4 is 5.97 Å². The van der Waals surface area contributed by atoms with Crippen LogP contribution in [0.2, 0.25) is 0 Å². The zero-order valence-electron chi connectivity index (χ0n) is 18.4. The number of ether oxygens (including phenoxy) is 1. The molecule has 0 aromatic carbocycles. The molecule has 27 heavy (non-hydrogen) atoms. The van der Waals surface area contributed by atoms with E-state index in [4.69, 9.17) is 25.5 Å². The molecule has 164 valence electrons. The van der Waals surface area contributed by atoms with Crippen molar-refractivity contribution in [2.24, 2.45) is 0 Å². The molecule has 0 bridgehead atoms. The maximum atomic E-state index is 10.5. The predicted octanol–water partition coefficient (Wildman–Crippen LogP) is 2.72. The van der Waals surface area contributed by atoms with E-state index in [1.54, 1.807) is 55.4 Å². The largest absolute Gasteiger partial charge is 0.512 e. The van der Waals surface area contributed by atoms with E-state index in [1.807, 2.05) is 0 Å². The van der Waals surface area contributed by atoms with Crippen molar-refractivity contribution < 1.29 is 56.8 Å². The molecule has 0 aromatic rings. The summed E-state index contributed by atoms with van der Waals surface area (Å²) in [6, 6.07) is 0. The van der Waals surface area contributed by atoms with E-state index in [1.165, 1.54) is 13.0 Å². The molecular formula is C19H42O7Ti. The van der Waals surface area contributed by atoms with Crippen molar-refractivity contribution in [3.05, 3.63) is 24.5 Å². The van der Waals surface area contributed by atoms with E-state index in [0.717, 1.165) is 6.08 Å². The first-order valence-corrected chi connectivity index (χ1v) is 8.47. The Morgan fingerprint density at radius 3 is 1.22 bits per heavy atom. The van der Waals surface area contributed by atoms with E-state index in [2.05, 4.69) is 11.3 Å². The van der Waals surface area contributed by atoms with Crippen LogP contribution in [0.25, 0.3) is 0 Å². The average Bonchev–Trinajstić information content (AvgIpc) is 2.32. The first kappa shape index (κ1) is 40.9. The standard InChI is InChI=1S/C7H10O3.4C3H8O.Ti/c1-3-4-10-7(9)5-6(2)8;4*1-3(2)4;/h3,5,8H,1,4H2,2H3;4*3-4H,1-2H3;/b6-5-;;;;;. The molecule has 0 atom stereocenters. The van der Waals surface area contributed by atoms with Crippen molar-refractivity contribution in [1.29, 1.82) is 0 Å². The van der Waals surface area contributed by atoms with Gasteiger partial charge in [-0.15, -0.1) is 0 Å². The first-order chi connectivity index (χ1) is 11.6. The van der Waals surface area contributed by atoms with E-state index in [0.29, 0.717) is 0 Å². The second-order valence-electron chi connectivity index (χ2n) is 6.08. The van der Waals surface area contributed by atoms with E-state index >= 15 is 0 Å². The summed E-state index contributed by atoms with van der Waals surface area (Å²) in [6.07, 6.45) is 1.79. The van der Waals surface area contributed by atoms with Crippen LogP contribution in [0.4, 0.5) is 0 Å². The van der Waals surface area contributed by atoms with E-state index in [9.17, 15) is 4.79 Å². The summed E-state index contributed by atoms with van der Waals surface area (Å²) in [5, 5.41) is 40.8. The zero-order valence-corrected chi connectivity index (χ0v) is 20.0. The smallest absolute Gasteiger partial charge is 0.334 e. The Morgan fingerprint density at radius 1 is 0.852 bits per heavy atom. The molecule has 0 heterocycles. The van der Waals surface area contributed by atoms with Gasteiger partial charge in [0.05, 0.1) is 11.8 Å². The summed E-state index contributed by atoms with van der Waals surface area (Å²) in [5.41, 5.74) is 0. The maximum absolute atomic E-state index is 10.5. The van der Waals surface area contributed by atoms with Gasteiger partial charge in [-0.2, -0.15) is 0 Å². The second-order valence-corrected chi connectivity index (χ2v) is 6.08. The van der Waals surface area contributed by atoms with Crippen LogP contribution in [-0.2, 0) is 31.2 Å². The zero-order chi connectivity index (χ0) is 22.3. The molecule has 0 spiro atoms. The molecule has 0 aliphatic carbocycles. The van der Waals surface area contributed by atoms with Gasteiger partial charge >= 0.3 is 5.97 Å². The maximum Gasteiger partial charge on any atom is 0.334 e. The Kier molecular flexibility index (Phi) is 49.8. The summed E-state index contributed by atoms with van der Waals surface area (Å²) in [5.74, 6) is -0.617. The number of aliphatic hydroxyl groups is 5. The molecule has 0 amide bonds. The fourth-order valence-electron chi connectivity index (χ4n) is 0.353. The summed E-state index contributed by atoms with van der Waals surface area (Å²) >= 11 is 0. The normalized spacial score (nSPS) is 9.30. The van der Waals surface area contributed by atoms with Crippen LogP contribution in [-0.4, -0.2) is 62.5 Å². The van der Waals surface area contributed by atoms with Crippen LogP contribution in [0.1, 0.15) is 62.3 Å². The third kappa shape index (κ3) is 258. The average molecular weight is 430 g/mol. The number of carbonyl (C=O) groups excluding carboxylic acids is 1. The third-order valence-electron chi connectivity index (χ3n) is 0.670. The number of aliphatic hydroxyl groups excluding tert-OH is 5. The quantitative estimate of drug-likeness (QED) is 0.153. The van der Waals surface area contributed by atoms with Gasteiger partial charge in [-0.25, -0.2) is 4.79 Å². The van der Waals surface area contributed by atoms with Gasteiger partial charge in [0.2, 0.25) is 0 Å². The van der Waals surface area contributed by atoms with Gasteiger partial charge in [-0.05, 0) is 62.3 Å². The molecule has 5 N–H and O–H groups in total. The molecular weight excluding hydrogens is 388 g/mol. The monoisotopic (exact) mass is 430 g/mol. The molecule has 0 saturated heterocycles. The predicted molar refractivity (Wildman–Crippen MR) is 107 cm³/mol. The van der Waals surface area contributed by atoms with E-state index < -0.39 is 5.97 Å². The van der Waals surface area contributed by atoms with Crippen molar-refractivity contribution in [3.8, 4) is 0 Å². The Balaban J connectivity index is -0.0000000552. The van der Waals surface area contributed by atoms with Crippen molar-refractivity contribution in [2.75, 3.05) is 6.61 Å². The molecule has 0 aromatic heterocycles. The topological polar surface area (TPSA) is 127 Å². The summed E-state index contributed by atoms with van der Waals surface area (Å²) in [4.78, 5) is 10.5. The minimum atomic E-state index is -0.556. The Hall–Kier alpha value is -0.696. The first-order valence-electron chi connectivity index (χ1n) is 8.47. The van der Waals surface area contributed by atoms with Gasteiger partial charge in [0.25, 0.3) is 0 Å². The SMILES string of the molecule is C=CCOC(=O)/C=C(/C)O.CC(C)O.CC(C)O.CC(C)O.CC(C)O.[Ti]. The van der Waals surface area contributed by atoms with Crippen molar-refractivity contribution in [1.82, 2.24) is 0 Å². The fourth-order valence-corrected chi connectivity index (χ4v) is 0.353. The Labute approximate surface area is 180 Å². The van der Waals surface area contributed by atoms with E-state index in [-0.39, 0.29) is 58.5 Å². The number of carbonyl (C=O) groups is 1. The molecule has 8 heteroatoms. The number of esters is 1. The molecule has 0 aliphatic rings. The molecule has 7 nitrogen and oxygen atoms in total. The summed E-state index contributed by atoms with van der Waals surface area (Å²) < 4.78 is 4.51. The van der Waals surface area contributed by atoms with Crippen LogP contribution in [0, 0.1) is 0 Å².